The largest absolute Gasteiger partial charge is 0.466 e. The van der Waals surface area contributed by atoms with Crippen LogP contribution in [0.25, 0.3) is 16.9 Å². The SMILES string of the molecule is CCOC(=O)C1CCN(C(=O)c2cc(-c3ccccc3F)nn2-c2ccccc2)CC1. The van der Waals surface area contributed by atoms with E-state index in [1.54, 1.807) is 40.8 Å². The van der Waals surface area contributed by atoms with Crippen LogP contribution in [-0.2, 0) is 9.53 Å². The highest BCUT2D eigenvalue weighted by atomic mass is 19.1. The van der Waals surface area contributed by atoms with Crippen LogP contribution in [0.3, 0.4) is 0 Å². The molecule has 0 bridgehead atoms. The molecule has 0 radical (unpaired) electrons. The van der Waals surface area contributed by atoms with Crippen LogP contribution < -0.4 is 0 Å². The second-order valence-corrected chi connectivity index (χ2v) is 7.46. The summed E-state index contributed by atoms with van der Waals surface area (Å²) in [6.07, 6.45) is 1.12. The third-order valence-electron chi connectivity index (χ3n) is 5.48. The number of carbonyl (C=O) groups is 2. The zero-order chi connectivity index (χ0) is 21.8. The maximum atomic E-state index is 14.4. The molecule has 0 spiro atoms. The van der Waals surface area contributed by atoms with Crippen LogP contribution in [0.2, 0.25) is 0 Å². The summed E-state index contributed by atoms with van der Waals surface area (Å²) in [5.41, 5.74) is 1.81. The summed E-state index contributed by atoms with van der Waals surface area (Å²) < 4.78 is 21.0. The maximum Gasteiger partial charge on any atom is 0.309 e. The van der Waals surface area contributed by atoms with Crippen molar-refractivity contribution in [2.24, 2.45) is 5.92 Å². The highest BCUT2D eigenvalue weighted by Crippen LogP contribution is 2.26. The van der Waals surface area contributed by atoms with E-state index in [-0.39, 0.29) is 17.8 Å². The van der Waals surface area contributed by atoms with Crippen LogP contribution in [0.1, 0.15) is 30.3 Å². The van der Waals surface area contributed by atoms with Crippen molar-refractivity contribution >= 4 is 11.9 Å². The molecule has 0 unspecified atom stereocenters. The highest BCUT2D eigenvalue weighted by molar-refractivity contribution is 5.94. The van der Waals surface area contributed by atoms with Gasteiger partial charge in [0.25, 0.3) is 5.91 Å². The second kappa shape index (κ2) is 9.12. The molecular formula is C24H24FN3O3. The Kier molecular flexibility index (Phi) is 6.11. The molecule has 0 saturated carbocycles. The summed E-state index contributed by atoms with van der Waals surface area (Å²) in [6, 6.07) is 17.3. The van der Waals surface area contributed by atoms with E-state index in [0.717, 1.165) is 5.69 Å². The lowest BCUT2D eigenvalue weighted by atomic mass is 9.97. The number of halogens is 1. The molecule has 2 aromatic carbocycles. The summed E-state index contributed by atoms with van der Waals surface area (Å²) in [5.74, 6) is -0.974. The number of piperidine rings is 1. The van der Waals surface area contributed by atoms with Gasteiger partial charge in [-0.2, -0.15) is 5.10 Å². The number of ether oxygens (including phenoxy) is 1. The lowest BCUT2D eigenvalue weighted by Crippen LogP contribution is -2.41. The Morgan fingerprint density at radius 1 is 1.06 bits per heavy atom. The molecule has 0 atom stereocenters. The van der Waals surface area contributed by atoms with Crippen molar-refractivity contribution in [3.63, 3.8) is 0 Å². The topological polar surface area (TPSA) is 64.4 Å². The molecule has 1 fully saturated rings. The van der Waals surface area contributed by atoms with Crippen molar-refractivity contribution in [1.82, 2.24) is 14.7 Å². The molecule has 0 N–H and O–H groups in total. The Hall–Kier alpha value is -3.48. The Balaban J connectivity index is 1.63. The lowest BCUT2D eigenvalue weighted by Gasteiger charge is -2.30. The standard InChI is InChI=1S/C24H24FN3O3/c1-2-31-24(30)17-12-14-27(15-13-17)23(29)22-16-21(19-10-6-7-11-20(19)25)26-28(22)18-8-4-3-5-9-18/h3-11,16-17H,2,12-15H2,1H3. The van der Waals surface area contributed by atoms with E-state index in [1.165, 1.54) is 6.07 Å². The van der Waals surface area contributed by atoms with E-state index < -0.39 is 5.82 Å². The number of likely N-dealkylation sites (tertiary alicyclic amines) is 1. The van der Waals surface area contributed by atoms with Gasteiger partial charge in [0.2, 0.25) is 0 Å². The Labute approximate surface area is 180 Å². The van der Waals surface area contributed by atoms with Gasteiger partial charge in [-0.1, -0.05) is 30.3 Å². The van der Waals surface area contributed by atoms with E-state index in [2.05, 4.69) is 5.10 Å². The van der Waals surface area contributed by atoms with Crippen LogP contribution in [0, 0.1) is 11.7 Å². The first-order valence-corrected chi connectivity index (χ1v) is 10.4. The second-order valence-electron chi connectivity index (χ2n) is 7.46. The smallest absolute Gasteiger partial charge is 0.309 e. The fourth-order valence-corrected chi connectivity index (χ4v) is 3.84. The minimum absolute atomic E-state index is 0.183. The van der Waals surface area contributed by atoms with Crippen LogP contribution >= 0.6 is 0 Å². The number of nitrogens with zero attached hydrogens (tertiary/aromatic N) is 3. The molecular weight excluding hydrogens is 397 g/mol. The van der Waals surface area contributed by atoms with Crippen LogP contribution in [0.4, 0.5) is 4.39 Å². The van der Waals surface area contributed by atoms with Crippen LogP contribution in [-0.4, -0.2) is 46.3 Å². The quantitative estimate of drug-likeness (QED) is 0.582. The van der Waals surface area contributed by atoms with Crippen LogP contribution in [0.15, 0.2) is 60.7 Å². The fraction of sp³-hybridized carbons (Fsp3) is 0.292. The molecule has 4 rings (SSSR count). The Morgan fingerprint density at radius 2 is 1.74 bits per heavy atom. The molecule has 1 amide bonds. The number of amides is 1. The van der Waals surface area contributed by atoms with Crippen molar-refractivity contribution in [2.45, 2.75) is 19.8 Å². The molecule has 1 aromatic heterocycles. The first-order chi connectivity index (χ1) is 15.1. The molecule has 2 heterocycles. The normalized spacial score (nSPS) is 14.5. The molecule has 160 valence electrons. The molecule has 31 heavy (non-hydrogen) atoms. The number of benzene rings is 2. The van der Waals surface area contributed by atoms with Crippen molar-refractivity contribution in [1.29, 1.82) is 0 Å². The number of hydrogen-bond acceptors (Lipinski definition) is 4. The Morgan fingerprint density at radius 3 is 2.42 bits per heavy atom. The molecule has 1 aliphatic rings. The molecule has 7 heteroatoms. The van der Waals surface area contributed by atoms with Crippen molar-refractivity contribution in [3.8, 4) is 16.9 Å². The predicted molar refractivity (Wildman–Crippen MR) is 114 cm³/mol. The van der Waals surface area contributed by atoms with Gasteiger partial charge in [0.15, 0.2) is 0 Å². The zero-order valence-electron chi connectivity index (χ0n) is 17.3. The summed E-state index contributed by atoms with van der Waals surface area (Å²) in [4.78, 5) is 27.1. The monoisotopic (exact) mass is 421 g/mol. The maximum absolute atomic E-state index is 14.4. The number of para-hydroxylation sites is 1. The van der Waals surface area contributed by atoms with E-state index in [0.29, 0.717) is 49.5 Å². The first-order valence-electron chi connectivity index (χ1n) is 10.4. The third kappa shape index (κ3) is 4.35. The minimum Gasteiger partial charge on any atom is -0.466 e. The number of rotatable bonds is 5. The van der Waals surface area contributed by atoms with Gasteiger partial charge in [0.1, 0.15) is 11.5 Å². The van der Waals surface area contributed by atoms with Gasteiger partial charge < -0.3 is 9.64 Å². The van der Waals surface area contributed by atoms with E-state index >= 15 is 0 Å². The number of esters is 1. The number of hydrogen-bond donors (Lipinski definition) is 0. The summed E-state index contributed by atoms with van der Waals surface area (Å²) >= 11 is 0. The lowest BCUT2D eigenvalue weighted by molar-refractivity contribution is -0.149. The Bertz CT molecular complexity index is 1070. The predicted octanol–water partition coefficient (Wildman–Crippen LogP) is 4.09. The number of carbonyl (C=O) groups excluding carboxylic acids is 2. The van der Waals surface area contributed by atoms with Gasteiger partial charge in [-0.05, 0) is 50.1 Å². The highest BCUT2D eigenvalue weighted by Gasteiger charge is 2.30. The molecule has 1 saturated heterocycles. The zero-order valence-corrected chi connectivity index (χ0v) is 17.3. The van der Waals surface area contributed by atoms with Gasteiger partial charge in [-0.25, -0.2) is 9.07 Å². The average molecular weight is 421 g/mol. The van der Waals surface area contributed by atoms with Gasteiger partial charge in [0.05, 0.1) is 23.9 Å². The molecule has 6 nitrogen and oxygen atoms in total. The van der Waals surface area contributed by atoms with Gasteiger partial charge in [-0.3, -0.25) is 9.59 Å². The van der Waals surface area contributed by atoms with Crippen LogP contribution in [0.5, 0.6) is 0 Å². The third-order valence-corrected chi connectivity index (χ3v) is 5.48. The van der Waals surface area contributed by atoms with Gasteiger partial charge in [-0.15, -0.1) is 0 Å². The molecule has 1 aliphatic heterocycles. The van der Waals surface area contributed by atoms with E-state index in [1.807, 2.05) is 30.3 Å². The first kappa shape index (κ1) is 20.8. The summed E-state index contributed by atoms with van der Waals surface area (Å²) in [5, 5.41) is 4.55. The van der Waals surface area contributed by atoms with E-state index in [4.69, 9.17) is 4.74 Å². The summed E-state index contributed by atoms with van der Waals surface area (Å²) in [7, 11) is 0. The van der Waals surface area contributed by atoms with Crippen molar-refractivity contribution < 1.29 is 18.7 Å². The van der Waals surface area contributed by atoms with Gasteiger partial charge in [0, 0.05) is 18.7 Å². The minimum atomic E-state index is -0.394. The molecule has 0 aliphatic carbocycles. The fourth-order valence-electron chi connectivity index (χ4n) is 3.84. The van der Waals surface area contributed by atoms with E-state index in [9.17, 15) is 14.0 Å². The van der Waals surface area contributed by atoms with Crippen molar-refractivity contribution in [3.05, 3.63) is 72.2 Å². The van der Waals surface area contributed by atoms with Gasteiger partial charge >= 0.3 is 5.97 Å². The molecule has 3 aromatic rings. The number of aromatic nitrogens is 2. The summed E-state index contributed by atoms with van der Waals surface area (Å²) in [6.45, 7) is 3.05. The van der Waals surface area contributed by atoms with Crippen molar-refractivity contribution in [2.75, 3.05) is 19.7 Å². The average Bonchev–Trinajstić information content (AvgIpc) is 3.25.